The molecular formula is C16H17FN2O3S. The van der Waals surface area contributed by atoms with E-state index < -0.39 is 15.3 Å². The summed E-state index contributed by atoms with van der Waals surface area (Å²) in [6.45, 7) is 1.58. The van der Waals surface area contributed by atoms with Gasteiger partial charge in [0, 0.05) is 17.8 Å². The van der Waals surface area contributed by atoms with Crippen molar-refractivity contribution < 1.29 is 17.6 Å². The molecule has 3 rings (SSSR count). The van der Waals surface area contributed by atoms with Gasteiger partial charge in [-0.15, -0.1) is 0 Å². The molecule has 1 aromatic rings. The van der Waals surface area contributed by atoms with Crippen molar-refractivity contribution in [3.63, 3.8) is 0 Å². The maximum absolute atomic E-state index is 13.3. The van der Waals surface area contributed by atoms with Crippen LogP contribution in [0.25, 0.3) is 0 Å². The minimum absolute atomic E-state index is 0.0466. The van der Waals surface area contributed by atoms with Crippen LogP contribution in [0.1, 0.15) is 24.8 Å². The second-order valence-electron chi connectivity index (χ2n) is 5.74. The number of halogens is 1. The lowest BCUT2D eigenvalue weighted by molar-refractivity contribution is -0.120. The number of carbonyl (C=O) groups is 1. The van der Waals surface area contributed by atoms with E-state index in [2.05, 4.69) is 10.0 Å². The molecule has 0 radical (unpaired) electrons. The van der Waals surface area contributed by atoms with Crippen LogP contribution in [0.4, 0.5) is 10.1 Å². The van der Waals surface area contributed by atoms with E-state index >= 15 is 0 Å². The van der Waals surface area contributed by atoms with Gasteiger partial charge in [0.2, 0.25) is 15.9 Å². The van der Waals surface area contributed by atoms with Gasteiger partial charge in [0.05, 0.1) is 0 Å². The van der Waals surface area contributed by atoms with Crippen LogP contribution in [0.2, 0.25) is 0 Å². The SMILES string of the molecule is Cc1cc(NS(=O)(=O)C2C=C3CCC(=O)NC3=CC2)ccc1F. The summed E-state index contributed by atoms with van der Waals surface area (Å²) in [5.74, 6) is -0.423. The fourth-order valence-corrected chi connectivity index (χ4v) is 4.02. The zero-order chi connectivity index (χ0) is 16.6. The number of rotatable bonds is 3. The third-order valence-corrected chi connectivity index (χ3v) is 5.65. The van der Waals surface area contributed by atoms with E-state index in [9.17, 15) is 17.6 Å². The summed E-state index contributed by atoms with van der Waals surface area (Å²) in [5, 5.41) is 2.04. The molecule has 0 saturated carbocycles. The summed E-state index contributed by atoms with van der Waals surface area (Å²) in [7, 11) is -3.64. The molecule has 1 aliphatic heterocycles. The molecular weight excluding hydrogens is 319 g/mol. The summed E-state index contributed by atoms with van der Waals surface area (Å²) < 4.78 is 40.8. The molecule has 0 aromatic heterocycles. The number of benzene rings is 1. The number of anilines is 1. The standard InChI is InChI=1S/C16H17FN2O3S/c1-10-8-12(3-5-14(10)17)19-23(21,22)13-4-6-15-11(9-13)2-7-16(20)18-15/h3,5-6,8-9,13,19H,2,4,7H2,1H3,(H,18,20). The Labute approximate surface area is 134 Å². The van der Waals surface area contributed by atoms with Gasteiger partial charge >= 0.3 is 0 Å². The Balaban J connectivity index is 1.80. The predicted octanol–water partition coefficient (Wildman–Crippen LogP) is 2.37. The van der Waals surface area contributed by atoms with E-state index in [0.717, 1.165) is 5.57 Å². The number of allylic oxidation sites excluding steroid dienone is 2. The van der Waals surface area contributed by atoms with E-state index in [1.54, 1.807) is 19.1 Å². The molecule has 1 heterocycles. The summed E-state index contributed by atoms with van der Waals surface area (Å²) in [6.07, 6.45) is 4.62. The van der Waals surface area contributed by atoms with Crippen molar-refractivity contribution in [1.29, 1.82) is 0 Å². The van der Waals surface area contributed by atoms with Crippen LogP contribution in [0.5, 0.6) is 0 Å². The summed E-state index contributed by atoms with van der Waals surface area (Å²) in [5.41, 5.74) is 2.28. The minimum atomic E-state index is -3.64. The number of aryl methyl sites for hydroxylation is 1. The molecule has 122 valence electrons. The van der Waals surface area contributed by atoms with Crippen LogP contribution in [-0.4, -0.2) is 19.6 Å². The Bertz CT molecular complexity index is 828. The quantitative estimate of drug-likeness (QED) is 0.890. The van der Waals surface area contributed by atoms with Gasteiger partial charge in [-0.1, -0.05) is 12.2 Å². The molecule has 0 bridgehead atoms. The number of amides is 1. The average Bonchev–Trinajstić information content (AvgIpc) is 2.50. The fourth-order valence-electron chi connectivity index (χ4n) is 2.72. The maximum Gasteiger partial charge on any atom is 0.239 e. The van der Waals surface area contributed by atoms with Crippen molar-refractivity contribution in [2.24, 2.45) is 0 Å². The van der Waals surface area contributed by atoms with Crippen molar-refractivity contribution in [3.05, 3.63) is 53.0 Å². The van der Waals surface area contributed by atoms with Crippen molar-refractivity contribution >= 4 is 21.6 Å². The average molecular weight is 336 g/mol. The van der Waals surface area contributed by atoms with Crippen molar-refractivity contribution in [2.45, 2.75) is 31.4 Å². The first-order valence-electron chi connectivity index (χ1n) is 7.34. The molecule has 1 aliphatic carbocycles. The molecule has 5 nitrogen and oxygen atoms in total. The minimum Gasteiger partial charge on any atom is -0.326 e. The molecule has 7 heteroatoms. The van der Waals surface area contributed by atoms with Gasteiger partial charge in [0.15, 0.2) is 0 Å². The van der Waals surface area contributed by atoms with E-state index in [-0.39, 0.29) is 18.1 Å². The number of sulfonamides is 1. The molecule has 1 aromatic carbocycles. The normalized spacial score (nSPS) is 21.0. The smallest absolute Gasteiger partial charge is 0.239 e. The van der Waals surface area contributed by atoms with Crippen molar-refractivity contribution in [1.82, 2.24) is 5.32 Å². The van der Waals surface area contributed by atoms with E-state index in [1.165, 1.54) is 18.2 Å². The van der Waals surface area contributed by atoms with E-state index in [0.29, 0.717) is 29.8 Å². The summed E-state index contributed by atoms with van der Waals surface area (Å²) in [6, 6.07) is 4.10. The second kappa shape index (κ2) is 5.81. The molecule has 2 N–H and O–H groups in total. The number of carbonyl (C=O) groups excluding carboxylic acids is 1. The first-order valence-corrected chi connectivity index (χ1v) is 8.88. The summed E-state index contributed by atoms with van der Waals surface area (Å²) >= 11 is 0. The van der Waals surface area contributed by atoms with Crippen LogP contribution in [0.15, 0.2) is 41.6 Å². The second-order valence-corrected chi connectivity index (χ2v) is 7.64. The monoisotopic (exact) mass is 336 g/mol. The summed E-state index contributed by atoms with van der Waals surface area (Å²) in [4.78, 5) is 11.4. The Morgan fingerprint density at radius 2 is 2.09 bits per heavy atom. The highest BCUT2D eigenvalue weighted by Gasteiger charge is 2.29. The molecule has 1 amide bonds. The number of hydrogen-bond acceptors (Lipinski definition) is 3. The van der Waals surface area contributed by atoms with Gasteiger partial charge in [-0.3, -0.25) is 9.52 Å². The topological polar surface area (TPSA) is 75.3 Å². The zero-order valence-electron chi connectivity index (χ0n) is 12.6. The van der Waals surface area contributed by atoms with Crippen LogP contribution >= 0.6 is 0 Å². The number of hydrogen-bond donors (Lipinski definition) is 2. The van der Waals surface area contributed by atoms with Crippen molar-refractivity contribution in [3.8, 4) is 0 Å². The highest BCUT2D eigenvalue weighted by atomic mass is 32.2. The van der Waals surface area contributed by atoms with Crippen molar-refractivity contribution in [2.75, 3.05) is 4.72 Å². The highest BCUT2D eigenvalue weighted by molar-refractivity contribution is 7.93. The Kier molecular flexibility index (Phi) is 3.97. The molecule has 2 aliphatic rings. The van der Waals surface area contributed by atoms with Crippen LogP contribution in [-0.2, 0) is 14.8 Å². The lowest BCUT2D eigenvalue weighted by atomic mass is 9.95. The molecule has 0 spiro atoms. The van der Waals surface area contributed by atoms with Gasteiger partial charge in [-0.2, -0.15) is 0 Å². The molecule has 1 saturated heterocycles. The van der Waals surface area contributed by atoms with Crippen LogP contribution in [0.3, 0.4) is 0 Å². The van der Waals surface area contributed by atoms with E-state index in [1.807, 2.05) is 0 Å². The molecule has 1 fully saturated rings. The molecule has 1 atom stereocenters. The Morgan fingerprint density at radius 1 is 1.30 bits per heavy atom. The third kappa shape index (κ3) is 3.29. The predicted molar refractivity (Wildman–Crippen MR) is 85.6 cm³/mol. The van der Waals surface area contributed by atoms with Gasteiger partial charge in [0.1, 0.15) is 11.1 Å². The van der Waals surface area contributed by atoms with Crippen LogP contribution in [0, 0.1) is 12.7 Å². The van der Waals surface area contributed by atoms with Gasteiger partial charge < -0.3 is 5.32 Å². The number of piperidine rings is 1. The van der Waals surface area contributed by atoms with Gasteiger partial charge in [-0.05, 0) is 49.1 Å². The highest BCUT2D eigenvalue weighted by Crippen LogP contribution is 2.28. The first-order chi connectivity index (χ1) is 10.8. The lowest BCUT2D eigenvalue weighted by Crippen LogP contribution is -2.34. The third-order valence-electron chi connectivity index (χ3n) is 4.00. The van der Waals surface area contributed by atoms with Gasteiger partial charge in [-0.25, -0.2) is 12.8 Å². The largest absolute Gasteiger partial charge is 0.326 e. The Hall–Kier alpha value is -2.15. The lowest BCUT2D eigenvalue weighted by Gasteiger charge is -2.26. The van der Waals surface area contributed by atoms with Gasteiger partial charge in [0.25, 0.3) is 0 Å². The number of fused-ring (bicyclic) bond motifs is 1. The fraction of sp³-hybridized carbons (Fsp3) is 0.312. The number of nitrogens with one attached hydrogen (secondary N) is 2. The molecule has 23 heavy (non-hydrogen) atoms. The van der Waals surface area contributed by atoms with E-state index in [4.69, 9.17) is 0 Å². The van der Waals surface area contributed by atoms with Crippen LogP contribution < -0.4 is 10.0 Å². The zero-order valence-corrected chi connectivity index (χ0v) is 13.4. The first kappa shape index (κ1) is 15.7. The Morgan fingerprint density at radius 3 is 2.83 bits per heavy atom. The maximum atomic E-state index is 13.3. The molecule has 1 unspecified atom stereocenters.